The van der Waals surface area contributed by atoms with Crippen molar-refractivity contribution in [3.05, 3.63) is 36.4 Å². The molecule has 0 saturated carbocycles. The molecule has 2 aromatic rings. The predicted octanol–water partition coefficient (Wildman–Crippen LogP) is 2.78. The Bertz CT molecular complexity index is 938. The number of fused-ring (bicyclic) bond motifs is 4. The monoisotopic (exact) mass is 440 g/mol. The molecule has 2 atom stereocenters. The molecule has 1 aromatic heterocycles. The van der Waals surface area contributed by atoms with Crippen LogP contribution in [0, 0.1) is 0 Å². The Kier molecular flexibility index (Phi) is 7.12. The lowest BCUT2D eigenvalue weighted by atomic mass is 10.1. The number of amides is 2. The lowest BCUT2D eigenvalue weighted by Gasteiger charge is -2.36. The Morgan fingerprint density at radius 3 is 3.00 bits per heavy atom. The molecule has 172 valence electrons. The Morgan fingerprint density at radius 1 is 1.31 bits per heavy atom. The van der Waals surface area contributed by atoms with Crippen LogP contribution in [-0.4, -0.2) is 66.2 Å². The number of rotatable bonds is 9. The zero-order valence-electron chi connectivity index (χ0n) is 18.5. The molecule has 1 saturated heterocycles. The van der Waals surface area contributed by atoms with Crippen molar-refractivity contribution < 1.29 is 19.7 Å². The van der Waals surface area contributed by atoms with Crippen molar-refractivity contribution in [1.82, 2.24) is 10.3 Å². The molecule has 0 unspecified atom stereocenters. The summed E-state index contributed by atoms with van der Waals surface area (Å²) in [6.07, 6.45) is 3.21. The van der Waals surface area contributed by atoms with Crippen LogP contribution in [0.3, 0.4) is 0 Å². The molecule has 2 aliphatic rings. The predicted molar refractivity (Wildman–Crippen MR) is 124 cm³/mol. The van der Waals surface area contributed by atoms with Crippen LogP contribution < -0.4 is 19.9 Å². The lowest BCUT2D eigenvalue weighted by molar-refractivity contribution is 0.0536. The number of carbonyl (C=O) groups is 1. The van der Waals surface area contributed by atoms with Gasteiger partial charge in [-0.3, -0.25) is 4.90 Å². The molecule has 0 spiro atoms. The fraction of sp³-hybridized carbons (Fsp3) is 0.500. The van der Waals surface area contributed by atoms with Gasteiger partial charge in [-0.2, -0.15) is 0 Å². The molecular weight excluding hydrogens is 408 g/mol. The summed E-state index contributed by atoms with van der Waals surface area (Å²) >= 11 is 0. The number of nitrogens with one attached hydrogen (secondary N) is 1. The molecule has 2 amide bonds. The number of ether oxygens (including phenoxy) is 1. The Balaban J connectivity index is 1.57. The van der Waals surface area contributed by atoms with Crippen molar-refractivity contribution in [2.45, 2.75) is 44.8 Å². The highest BCUT2D eigenvalue weighted by atomic mass is 16.5. The smallest absolute Gasteiger partial charge is 0.323 e. The molecular formula is C24H32N4O4. The normalized spacial score (nSPS) is 17.8. The van der Waals surface area contributed by atoms with Crippen LogP contribution in [0.15, 0.2) is 36.4 Å². The van der Waals surface area contributed by atoms with E-state index in [0.29, 0.717) is 18.1 Å². The van der Waals surface area contributed by atoms with E-state index >= 15 is 0 Å². The van der Waals surface area contributed by atoms with E-state index in [1.807, 2.05) is 35.2 Å². The van der Waals surface area contributed by atoms with Crippen molar-refractivity contribution in [2.75, 3.05) is 42.6 Å². The molecule has 4 rings (SSSR count). The molecule has 3 heterocycles. The summed E-state index contributed by atoms with van der Waals surface area (Å²) < 4.78 is 5.58. The second-order valence-corrected chi connectivity index (χ2v) is 8.41. The maximum atomic E-state index is 13.1. The van der Waals surface area contributed by atoms with Gasteiger partial charge in [0.25, 0.3) is 0 Å². The van der Waals surface area contributed by atoms with Crippen LogP contribution >= 0.6 is 0 Å². The van der Waals surface area contributed by atoms with E-state index in [0.717, 1.165) is 55.7 Å². The van der Waals surface area contributed by atoms with E-state index < -0.39 is 6.10 Å². The number of aliphatic hydroxyl groups is 2. The maximum Gasteiger partial charge on any atom is 0.323 e. The number of carbonyl (C=O) groups excluding carboxylic acids is 1. The van der Waals surface area contributed by atoms with Gasteiger partial charge in [0.1, 0.15) is 18.5 Å². The second kappa shape index (κ2) is 10.2. The third-order valence-corrected chi connectivity index (χ3v) is 6.01. The number of hydrogen-bond acceptors (Lipinski definition) is 6. The van der Waals surface area contributed by atoms with Crippen LogP contribution in [-0.2, 0) is 0 Å². The third-order valence-electron chi connectivity index (χ3n) is 6.01. The standard InChI is InChI=1S/C24H32N4O4/c1-2-3-4-11-25-24(31)28-18-10-12-27(14-18)22-9-8-21(26-23(22)28)17-6-5-7-20(13-17)32-16-19(30)15-29/h5-9,13,18-19,29-30H,2-4,10-12,14-16H2,1H3,(H,25,31)/t18-,19-/m0/s1. The van der Waals surface area contributed by atoms with E-state index in [-0.39, 0.29) is 25.3 Å². The summed E-state index contributed by atoms with van der Waals surface area (Å²) in [5.74, 6) is 1.29. The largest absolute Gasteiger partial charge is 0.491 e. The Labute approximate surface area is 188 Å². The van der Waals surface area contributed by atoms with Crippen molar-refractivity contribution in [3.63, 3.8) is 0 Å². The summed E-state index contributed by atoms with van der Waals surface area (Å²) in [5, 5.41) is 21.6. The van der Waals surface area contributed by atoms with Gasteiger partial charge in [-0.05, 0) is 37.1 Å². The van der Waals surface area contributed by atoms with E-state index in [1.54, 1.807) is 6.07 Å². The lowest BCUT2D eigenvalue weighted by Crippen LogP contribution is -2.50. The van der Waals surface area contributed by atoms with Gasteiger partial charge in [-0.25, -0.2) is 9.78 Å². The maximum absolute atomic E-state index is 13.1. The molecule has 0 radical (unpaired) electrons. The second-order valence-electron chi connectivity index (χ2n) is 8.41. The molecule has 0 aliphatic carbocycles. The van der Waals surface area contributed by atoms with E-state index in [1.165, 1.54) is 0 Å². The van der Waals surface area contributed by atoms with E-state index in [9.17, 15) is 9.90 Å². The molecule has 32 heavy (non-hydrogen) atoms. The molecule has 8 heteroatoms. The van der Waals surface area contributed by atoms with Crippen molar-refractivity contribution in [1.29, 1.82) is 0 Å². The number of aliphatic hydroxyl groups excluding tert-OH is 2. The quantitative estimate of drug-likeness (QED) is 0.519. The van der Waals surface area contributed by atoms with E-state index in [2.05, 4.69) is 17.1 Å². The first-order chi connectivity index (χ1) is 15.6. The fourth-order valence-electron chi connectivity index (χ4n) is 4.28. The number of aromatic nitrogens is 1. The van der Waals surface area contributed by atoms with Crippen molar-refractivity contribution in [2.24, 2.45) is 0 Å². The first kappa shape index (κ1) is 22.4. The van der Waals surface area contributed by atoms with Gasteiger partial charge < -0.3 is 25.2 Å². The van der Waals surface area contributed by atoms with Gasteiger partial charge in [0, 0.05) is 25.2 Å². The summed E-state index contributed by atoms with van der Waals surface area (Å²) in [6, 6.07) is 11.5. The fourth-order valence-corrected chi connectivity index (χ4v) is 4.28. The first-order valence-corrected chi connectivity index (χ1v) is 11.5. The zero-order valence-corrected chi connectivity index (χ0v) is 18.5. The molecule has 8 nitrogen and oxygen atoms in total. The Morgan fingerprint density at radius 2 is 2.19 bits per heavy atom. The van der Waals surface area contributed by atoms with Crippen LogP contribution in [0.2, 0.25) is 0 Å². The number of nitrogens with zero attached hydrogens (tertiary/aromatic N) is 3. The number of hydrogen-bond donors (Lipinski definition) is 3. The summed E-state index contributed by atoms with van der Waals surface area (Å²) in [7, 11) is 0. The van der Waals surface area contributed by atoms with Crippen LogP contribution in [0.1, 0.15) is 32.6 Å². The summed E-state index contributed by atoms with van der Waals surface area (Å²) in [6.45, 7) is 4.26. The number of anilines is 2. The van der Waals surface area contributed by atoms with Gasteiger partial charge in [0.05, 0.1) is 24.0 Å². The molecule has 2 bridgehead atoms. The first-order valence-electron chi connectivity index (χ1n) is 11.5. The topological polar surface area (TPSA) is 98.2 Å². The molecule has 1 fully saturated rings. The Hall–Kier alpha value is -2.84. The number of pyridine rings is 1. The van der Waals surface area contributed by atoms with Crippen LogP contribution in [0.4, 0.5) is 16.3 Å². The minimum atomic E-state index is -0.922. The summed E-state index contributed by atoms with van der Waals surface area (Å²) in [4.78, 5) is 22.1. The van der Waals surface area contributed by atoms with Crippen molar-refractivity contribution in [3.8, 4) is 17.0 Å². The highest BCUT2D eigenvalue weighted by Gasteiger charge is 2.40. The average molecular weight is 441 g/mol. The van der Waals surface area contributed by atoms with Gasteiger partial charge in [0.15, 0.2) is 5.82 Å². The van der Waals surface area contributed by atoms with E-state index in [4.69, 9.17) is 14.8 Å². The number of unbranched alkanes of at least 4 members (excludes halogenated alkanes) is 2. The SMILES string of the molecule is CCCCCNC(=O)N1c2nc(-c3cccc(OC[C@@H](O)CO)c3)ccc2N2CC[C@H]1C2. The highest BCUT2D eigenvalue weighted by molar-refractivity contribution is 5.97. The minimum Gasteiger partial charge on any atom is -0.491 e. The van der Waals surface area contributed by atoms with Gasteiger partial charge in [-0.1, -0.05) is 31.9 Å². The summed E-state index contributed by atoms with van der Waals surface area (Å²) in [5.41, 5.74) is 2.60. The van der Waals surface area contributed by atoms with Crippen LogP contribution in [0.25, 0.3) is 11.3 Å². The van der Waals surface area contributed by atoms with Gasteiger partial charge in [0.2, 0.25) is 0 Å². The van der Waals surface area contributed by atoms with Gasteiger partial charge >= 0.3 is 6.03 Å². The number of benzene rings is 1. The number of urea groups is 1. The highest BCUT2D eigenvalue weighted by Crippen LogP contribution is 2.40. The minimum absolute atomic E-state index is 0.0141. The third kappa shape index (κ3) is 4.81. The molecule has 3 N–H and O–H groups in total. The van der Waals surface area contributed by atoms with Crippen LogP contribution in [0.5, 0.6) is 5.75 Å². The van der Waals surface area contributed by atoms with Gasteiger partial charge in [-0.15, -0.1) is 0 Å². The average Bonchev–Trinajstić information content (AvgIpc) is 3.24. The molecule has 2 aliphatic heterocycles. The molecule has 1 aromatic carbocycles. The van der Waals surface area contributed by atoms with Crippen molar-refractivity contribution >= 4 is 17.5 Å². The zero-order chi connectivity index (χ0) is 22.5.